The lowest BCUT2D eigenvalue weighted by atomic mass is 10.3. The van der Waals surface area contributed by atoms with Gasteiger partial charge in [0.2, 0.25) is 0 Å². The quantitative estimate of drug-likeness (QED) is 0.865. The van der Waals surface area contributed by atoms with Crippen molar-refractivity contribution in [2.75, 3.05) is 13.1 Å². The molecule has 6 heteroatoms. The van der Waals surface area contributed by atoms with Gasteiger partial charge >= 0.3 is 6.03 Å². The zero-order chi connectivity index (χ0) is 14.4. The number of rotatable bonds is 5. The average Bonchev–Trinajstić information content (AvgIpc) is 2.44. The van der Waals surface area contributed by atoms with E-state index in [1.165, 1.54) is 0 Å². The molecule has 0 atom stereocenters. The number of benzene rings is 1. The SMILES string of the molecule is CCCNC(=O)NCCC1=COc2ccc(Br)cc2O1. The van der Waals surface area contributed by atoms with Crippen LogP contribution in [0.3, 0.4) is 0 Å². The summed E-state index contributed by atoms with van der Waals surface area (Å²) in [5, 5.41) is 5.51. The summed E-state index contributed by atoms with van der Waals surface area (Å²) in [5.41, 5.74) is 0. The predicted molar refractivity (Wildman–Crippen MR) is 79.8 cm³/mol. The number of carbonyl (C=O) groups is 1. The Morgan fingerprint density at radius 1 is 1.25 bits per heavy atom. The standard InChI is InChI=1S/C14H17BrN2O3/c1-2-6-16-14(18)17-7-5-11-9-19-12-4-3-10(15)8-13(12)20-11/h3-4,8-9H,2,5-7H2,1H3,(H2,16,17,18). The highest BCUT2D eigenvalue weighted by atomic mass is 79.9. The van der Waals surface area contributed by atoms with Gasteiger partial charge in [-0.15, -0.1) is 0 Å². The normalized spacial score (nSPS) is 12.6. The zero-order valence-corrected chi connectivity index (χ0v) is 12.8. The molecule has 1 aromatic rings. The minimum Gasteiger partial charge on any atom is -0.458 e. The van der Waals surface area contributed by atoms with Crippen LogP contribution in [0.25, 0.3) is 0 Å². The van der Waals surface area contributed by atoms with Gasteiger partial charge in [-0.25, -0.2) is 4.79 Å². The van der Waals surface area contributed by atoms with Crippen LogP contribution in [0.15, 0.2) is 34.7 Å². The molecule has 5 nitrogen and oxygen atoms in total. The van der Waals surface area contributed by atoms with Gasteiger partial charge in [0.15, 0.2) is 11.5 Å². The molecule has 0 aromatic heterocycles. The maximum Gasteiger partial charge on any atom is 0.314 e. The number of carbonyl (C=O) groups excluding carboxylic acids is 1. The number of ether oxygens (including phenoxy) is 2. The maximum absolute atomic E-state index is 11.4. The van der Waals surface area contributed by atoms with Crippen LogP contribution in [-0.2, 0) is 0 Å². The van der Waals surface area contributed by atoms with E-state index >= 15 is 0 Å². The van der Waals surface area contributed by atoms with Crippen LogP contribution in [0.4, 0.5) is 4.79 Å². The molecule has 0 bridgehead atoms. The summed E-state index contributed by atoms with van der Waals surface area (Å²) in [6, 6.07) is 5.42. The van der Waals surface area contributed by atoms with E-state index in [4.69, 9.17) is 9.47 Å². The van der Waals surface area contributed by atoms with E-state index in [2.05, 4.69) is 26.6 Å². The number of fused-ring (bicyclic) bond motifs is 1. The van der Waals surface area contributed by atoms with Crippen LogP contribution in [0, 0.1) is 0 Å². The van der Waals surface area contributed by atoms with Crippen LogP contribution in [0.5, 0.6) is 11.5 Å². The van der Waals surface area contributed by atoms with Crippen molar-refractivity contribution in [2.24, 2.45) is 0 Å². The van der Waals surface area contributed by atoms with Gasteiger partial charge in [0, 0.05) is 24.0 Å². The van der Waals surface area contributed by atoms with Crippen molar-refractivity contribution in [1.29, 1.82) is 0 Å². The van der Waals surface area contributed by atoms with Crippen LogP contribution in [0.2, 0.25) is 0 Å². The summed E-state index contributed by atoms with van der Waals surface area (Å²) in [4.78, 5) is 11.4. The predicted octanol–water partition coefficient (Wildman–Crippen LogP) is 3.16. The molecular formula is C14H17BrN2O3. The smallest absolute Gasteiger partial charge is 0.314 e. The summed E-state index contributed by atoms with van der Waals surface area (Å²) in [5.74, 6) is 2.05. The van der Waals surface area contributed by atoms with Crippen molar-refractivity contribution in [3.8, 4) is 11.5 Å². The highest BCUT2D eigenvalue weighted by Gasteiger charge is 2.14. The first kappa shape index (κ1) is 14.7. The molecule has 0 spiro atoms. The lowest BCUT2D eigenvalue weighted by Gasteiger charge is -2.18. The fraction of sp³-hybridized carbons (Fsp3) is 0.357. The number of nitrogens with one attached hydrogen (secondary N) is 2. The molecule has 0 fully saturated rings. The minimum absolute atomic E-state index is 0.160. The number of halogens is 1. The molecule has 0 radical (unpaired) electrons. The van der Waals surface area contributed by atoms with Gasteiger partial charge in [-0.2, -0.15) is 0 Å². The van der Waals surface area contributed by atoms with Crippen LogP contribution in [0.1, 0.15) is 19.8 Å². The van der Waals surface area contributed by atoms with E-state index in [1.807, 2.05) is 25.1 Å². The molecule has 1 aliphatic rings. The monoisotopic (exact) mass is 340 g/mol. The average molecular weight is 341 g/mol. The lowest BCUT2D eigenvalue weighted by molar-refractivity contribution is 0.240. The van der Waals surface area contributed by atoms with Crippen LogP contribution >= 0.6 is 15.9 Å². The van der Waals surface area contributed by atoms with Crippen LogP contribution in [-0.4, -0.2) is 19.1 Å². The van der Waals surface area contributed by atoms with Gasteiger partial charge in [-0.3, -0.25) is 0 Å². The fourth-order valence-electron chi connectivity index (χ4n) is 1.66. The molecule has 108 valence electrons. The molecule has 0 saturated heterocycles. The second kappa shape index (κ2) is 7.19. The molecule has 0 aliphatic carbocycles. The van der Waals surface area contributed by atoms with E-state index in [1.54, 1.807) is 6.26 Å². The maximum atomic E-state index is 11.4. The van der Waals surface area contributed by atoms with Crippen molar-refractivity contribution < 1.29 is 14.3 Å². The van der Waals surface area contributed by atoms with Crippen molar-refractivity contribution >= 4 is 22.0 Å². The molecule has 1 heterocycles. The van der Waals surface area contributed by atoms with E-state index in [9.17, 15) is 4.79 Å². The third-order valence-electron chi connectivity index (χ3n) is 2.66. The lowest BCUT2D eigenvalue weighted by Crippen LogP contribution is -2.36. The molecule has 0 unspecified atom stereocenters. The minimum atomic E-state index is -0.160. The Labute approximate surface area is 126 Å². The highest BCUT2D eigenvalue weighted by molar-refractivity contribution is 9.10. The molecule has 0 saturated carbocycles. The van der Waals surface area contributed by atoms with Gasteiger partial charge < -0.3 is 20.1 Å². The van der Waals surface area contributed by atoms with E-state index < -0.39 is 0 Å². The fourth-order valence-corrected chi connectivity index (χ4v) is 2.00. The number of amides is 2. The Morgan fingerprint density at radius 3 is 2.85 bits per heavy atom. The molecule has 20 heavy (non-hydrogen) atoms. The van der Waals surface area contributed by atoms with Gasteiger partial charge in [0.05, 0.1) is 0 Å². The van der Waals surface area contributed by atoms with Crippen molar-refractivity contribution in [3.05, 3.63) is 34.7 Å². The largest absolute Gasteiger partial charge is 0.458 e. The second-order valence-electron chi connectivity index (χ2n) is 4.33. The third kappa shape index (κ3) is 4.16. The Balaban J connectivity index is 1.78. The summed E-state index contributed by atoms with van der Waals surface area (Å²) in [6.07, 6.45) is 3.06. The van der Waals surface area contributed by atoms with E-state index in [0.29, 0.717) is 36.8 Å². The Kier molecular flexibility index (Phi) is 5.29. The number of hydrogen-bond donors (Lipinski definition) is 2. The van der Waals surface area contributed by atoms with Crippen molar-refractivity contribution in [3.63, 3.8) is 0 Å². The van der Waals surface area contributed by atoms with Gasteiger partial charge in [0.25, 0.3) is 0 Å². The molecule has 2 rings (SSSR count). The first-order valence-electron chi connectivity index (χ1n) is 6.54. The third-order valence-corrected chi connectivity index (χ3v) is 3.15. The molecule has 2 amide bonds. The zero-order valence-electron chi connectivity index (χ0n) is 11.2. The van der Waals surface area contributed by atoms with Gasteiger partial charge in [-0.05, 0) is 24.6 Å². The molecule has 1 aromatic carbocycles. The number of hydrogen-bond acceptors (Lipinski definition) is 3. The summed E-state index contributed by atoms with van der Waals surface area (Å²) >= 11 is 3.39. The van der Waals surface area contributed by atoms with Crippen molar-refractivity contribution in [2.45, 2.75) is 19.8 Å². The Bertz CT molecular complexity index is 517. The Morgan fingerprint density at radius 2 is 2.05 bits per heavy atom. The topological polar surface area (TPSA) is 59.6 Å². The first-order chi connectivity index (χ1) is 9.69. The van der Waals surface area contributed by atoms with Gasteiger partial charge in [0.1, 0.15) is 12.0 Å². The number of urea groups is 1. The Hall–Kier alpha value is -1.69. The van der Waals surface area contributed by atoms with E-state index in [0.717, 1.165) is 10.9 Å². The summed E-state index contributed by atoms with van der Waals surface area (Å²) in [6.45, 7) is 3.18. The van der Waals surface area contributed by atoms with E-state index in [-0.39, 0.29) is 6.03 Å². The second-order valence-corrected chi connectivity index (χ2v) is 5.24. The molecular weight excluding hydrogens is 324 g/mol. The molecule has 2 N–H and O–H groups in total. The summed E-state index contributed by atoms with van der Waals surface area (Å²) < 4.78 is 12.1. The highest BCUT2D eigenvalue weighted by Crippen LogP contribution is 2.35. The van der Waals surface area contributed by atoms with Crippen molar-refractivity contribution in [1.82, 2.24) is 10.6 Å². The summed E-state index contributed by atoms with van der Waals surface area (Å²) in [7, 11) is 0. The molecule has 1 aliphatic heterocycles. The first-order valence-corrected chi connectivity index (χ1v) is 7.33. The van der Waals surface area contributed by atoms with Crippen LogP contribution < -0.4 is 20.1 Å². The van der Waals surface area contributed by atoms with Gasteiger partial charge in [-0.1, -0.05) is 22.9 Å².